The zero-order valence-corrected chi connectivity index (χ0v) is 31.3. The fourth-order valence-electron chi connectivity index (χ4n) is 9.76. The lowest BCUT2D eigenvalue weighted by Crippen LogP contribution is -1.91. The molecule has 2 nitrogen and oxygen atoms in total. The van der Waals surface area contributed by atoms with Crippen molar-refractivity contribution >= 4 is 97.7 Å². The first-order valence-electron chi connectivity index (χ1n) is 19.9. The first-order valence-corrected chi connectivity index (χ1v) is 19.9. The molecule has 11 aromatic carbocycles. The molecule has 0 fully saturated rings. The Labute approximate surface area is 332 Å². The predicted octanol–water partition coefficient (Wildman–Crippen LogP) is 16.3. The zero-order valence-electron chi connectivity index (χ0n) is 31.3. The van der Waals surface area contributed by atoms with Crippen molar-refractivity contribution in [2.45, 2.75) is 0 Å². The van der Waals surface area contributed by atoms with Crippen LogP contribution in [0.25, 0.3) is 131 Å². The molecule has 2 heterocycles. The van der Waals surface area contributed by atoms with Gasteiger partial charge in [-0.15, -0.1) is 0 Å². The van der Waals surface area contributed by atoms with Crippen molar-refractivity contribution in [3.05, 3.63) is 194 Å². The monoisotopic (exact) mass is 736 g/mol. The minimum atomic E-state index is 0.844. The van der Waals surface area contributed by atoms with Gasteiger partial charge in [-0.25, -0.2) is 0 Å². The summed E-state index contributed by atoms with van der Waals surface area (Å²) < 4.78 is 13.4. The first kappa shape index (κ1) is 31.5. The Hall–Kier alpha value is -7.68. The molecule has 0 atom stereocenters. The van der Waals surface area contributed by atoms with Crippen molar-refractivity contribution in [1.82, 2.24) is 0 Å². The van der Waals surface area contributed by atoms with Gasteiger partial charge in [0.15, 0.2) is 0 Å². The van der Waals surface area contributed by atoms with Gasteiger partial charge in [-0.3, -0.25) is 0 Å². The van der Waals surface area contributed by atoms with Crippen LogP contribution in [0.2, 0.25) is 0 Å². The van der Waals surface area contributed by atoms with Gasteiger partial charge in [-0.2, -0.15) is 0 Å². The average molecular weight is 737 g/mol. The molecule has 0 aliphatic carbocycles. The van der Waals surface area contributed by atoms with Crippen LogP contribution in [0.5, 0.6) is 0 Å². The number of furan rings is 2. The number of hydrogen-bond donors (Lipinski definition) is 0. The Morgan fingerprint density at radius 1 is 0.259 bits per heavy atom. The highest BCUT2D eigenvalue weighted by Gasteiger charge is 2.22. The van der Waals surface area contributed by atoms with Crippen molar-refractivity contribution < 1.29 is 8.83 Å². The number of para-hydroxylation sites is 1. The molecule has 0 spiro atoms. The third kappa shape index (κ3) is 4.48. The van der Waals surface area contributed by atoms with E-state index in [1.54, 1.807) is 0 Å². The van der Waals surface area contributed by atoms with E-state index in [0.29, 0.717) is 0 Å². The van der Waals surface area contributed by atoms with Gasteiger partial charge in [-0.05, 0) is 118 Å². The summed E-state index contributed by atoms with van der Waals surface area (Å²) in [4.78, 5) is 0. The van der Waals surface area contributed by atoms with E-state index in [-0.39, 0.29) is 0 Å². The highest BCUT2D eigenvalue weighted by Crippen LogP contribution is 2.48. The van der Waals surface area contributed by atoms with E-state index >= 15 is 0 Å². The Bertz CT molecular complexity index is 3800. The third-order valence-corrected chi connectivity index (χ3v) is 12.4. The van der Waals surface area contributed by atoms with E-state index in [9.17, 15) is 0 Å². The lowest BCUT2D eigenvalue weighted by Gasteiger charge is -2.19. The summed E-state index contributed by atoms with van der Waals surface area (Å²) in [5.74, 6) is 0. The second-order valence-corrected chi connectivity index (χ2v) is 15.5. The van der Waals surface area contributed by atoms with Crippen molar-refractivity contribution in [3.8, 4) is 33.4 Å². The molecule has 2 heteroatoms. The van der Waals surface area contributed by atoms with Crippen LogP contribution in [0.15, 0.2) is 203 Å². The van der Waals surface area contributed by atoms with Gasteiger partial charge in [-0.1, -0.05) is 158 Å². The predicted molar refractivity (Wildman–Crippen MR) is 245 cm³/mol. The van der Waals surface area contributed by atoms with Crippen LogP contribution in [-0.4, -0.2) is 0 Å². The molecule has 0 saturated heterocycles. The van der Waals surface area contributed by atoms with Crippen LogP contribution in [0.1, 0.15) is 0 Å². The summed E-state index contributed by atoms with van der Waals surface area (Å²) in [6.45, 7) is 0. The van der Waals surface area contributed by atoms with Gasteiger partial charge in [0, 0.05) is 21.7 Å². The lowest BCUT2D eigenvalue weighted by atomic mass is 9.84. The Kier molecular flexibility index (Phi) is 6.47. The van der Waals surface area contributed by atoms with Crippen LogP contribution in [0.3, 0.4) is 0 Å². The fourth-order valence-corrected chi connectivity index (χ4v) is 9.76. The Balaban J connectivity index is 1.02. The SMILES string of the molecule is c1ccc2cc3c(cc2c1)oc1c(-c2ccc4cc(-c5c6ccccc6c(-c6cccc7ccccc67)c6ccccc56)ccc4c2)cc2c4ccccc4oc2c13. The van der Waals surface area contributed by atoms with Crippen molar-refractivity contribution in [3.63, 3.8) is 0 Å². The molecule has 58 heavy (non-hydrogen) atoms. The van der Waals surface area contributed by atoms with E-state index < -0.39 is 0 Å². The van der Waals surface area contributed by atoms with Crippen LogP contribution in [0.4, 0.5) is 0 Å². The molecule has 0 N–H and O–H groups in total. The van der Waals surface area contributed by atoms with Crippen LogP contribution >= 0.6 is 0 Å². The largest absolute Gasteiger partial charge is 0.455 e. The standard InChI is InChI=1S/C56H32O2/c1-2-14-35-31-51-49(30-34(35)13-1)54-55(58-51)47(32-48-41-17-9-10-23-50(41)57-56(48)54)38-26-24-37-29-39(27-25-36(37)28-38)52-43-18-5-7-20-45(43)53(46-21-8-6-19-44(46)52)42-22-11-15-33-12-3-4-16-40(33)42/h1-32H. The van der Waals surface area contributed by atoms with E-state index in [0.717, 1.165) is 60.4 Å². The number of hydrogen-bond acceptors (Lipinski definition) is 2. The maximum absolute atomic E-state index is 6.83. The minimum absolute atomic E-state index is 0.844. The maximum atomic E-state index is 6.83. The summed E-state index contributed by atoms with van der Waals surface area (Å²) in [5, 5.41) is 16.5. The third-order valence-electron chi connectivity index (χ3n) is 12.4. The van der Waals surface area contributed by atoms with Crippen molar-refractivity contribution in [1.29, 1.82) is 0 Å². The molecular weight excluding hydrogens is 705 g/mol. The molecule has 13 aromatic rings. The minimum Gasteiger partial charge on any atom is -0.455 e. The Morgan fingerprint density at radius 2 is 0.793 bits per heavy atom. The second kappa shape index (κ2) is 11.9. The molecule has 0 unspecified atom stereocenters. The van der Waals surface area contributed by atoms with Gasteiger partial charge < -0.3 is 8.83 Å². The highest BCUT2D eigenvalue weighted by atomic mass is 16.3. The smallest absolute Gasteiger partial charge is 0.147 e. The van der Waals surface area contributed by atoms with E-state index in [1.807, 2.05) is 6.07 Å². The molecule has 0 saturated carbocycles. The topological polar surface area (TPSA) is 26.3 Å². The van der Waals surface area contributed by atoms with Gasteiger partial charge in [0.1, 0.15) is 22.3 Å². The molecule has 0 aliphatic rings. The summed E-state index contributed by atoms with van der Waals surface area (Å²) in [6.07, 6.45) is 0. The quantitative estimate of drug-likeness (QED) is 0.169. The van der Waals surface area contributed by atoms with Gasteiger partial charge in [0.25, 0.3) is 0 Å². The molecule has 0 aliphatic heterocycles. The van der Waals surface area contributed by atoms with Crippen molar-refractivity contribution in [2.24, 2.45) is 0 Å². The molecule has 268 valence electrons. The lowest BCUT2D eigenvalue weighted by molar-refractivity contribution is 0.664. The van der Waals surface area contributed by atoms with E-state index in [2.05, 4.69) is 188 Å². The summed E-state index contributed by atoms with van der Waals surface area (Å²) in [5.41, 5.74) is 10.6. The van der Waals surface area contributed by atoms with Gasteiger partial charge in [0.2, 0.25) is 0 Å². The number of benzene rings is 11. The summed E-state index contributed by atoms with van der Waals surface area (Å²) in [7, 11) is 0. The molecule has 13 rings (SSSR count). The van der Waals surface area contributed by atoms with E-state index in [4.69, 9.17) is 8.83 Å². The maximum Gasteiger partial charge on any atom is 0.147 e. The molecule has 0 amide bonds. The molecule has 2 aromatic heterocycles. The fraction of sp³-hybridized carbons (Fsp3) is 0. The summed E-state index contributed by atoms with van der Waals surface area (Å²) in [6, 6.07) is 70.4. The molecular formula is C56H32O2. The van der Waals surface area contributed by atoms with Gasteiger partial charge >= 0.3 is 0 Å². The number of rotatable bonds is 3. The molecule has 0 bridgehead atoms. The first-order chi connectivity index (χ1) is 28.7. The summed E-state index contributed by atoms with van der Waals surface area (Å²) >= 11 is 0. The van der Waals surface area contributed by atoms with E-state index in [1.165, 1.54) is 70.7 Å². The van der Waals surface area contributed by atoms with Crippen LogP contribution < -0.4 is 0 Å². The van der Waals surface area contributed by atoms with Crippen molar-refractivity contribution in [2.75, 3.05) is 0 Å². The second-order valence-electron chi connectivity index (χ2n) is 15.5. The number of fused-ring (bicyclic) bond motifs is 12. The highest BCUT2D eigenvalue weighted by molar-refractivity contribution is 6.27. The normalized spacial score (nSPS) is 12.1. The Morgan fingerprint density at radius 3 is 1.53 bits per heavy atom. The molecule has 0 radical (unpaired) electrons. The zero-order chi connectivity index (χ0) is 37.9. The van der Waals surface area contributed by atoms with Gasteiger partial charge in [0.05, 0.1) is 5.39 Å². The van der Waals surface area contributed by atoms with Crippen LogP contribution in [-0.2, 0) is 0 Å². The van der Waals surface area contributed by atoms with Crippen LogP contribution in [0, 0.1) is 0 Å². The average Bonchev–Trinajstić information content (AvgIpc) is 3.84.